The molecule has 12 heavy (non-hydrogen) atoms. The van der Waals surface area contributed by atoms with Crippen molar-refractivity contribution in [2.24, 2.45) is 0 Å². The van der Waals surface area contributed by atoms with Gasteiger partial charge in [-0.05, 0) is 12.8 Å². The van der Waals surface area contributed by atoms with Crippen LogP contribution >= 0.6 is 0 Å². The Bertz CT molecular complexity index is 177. The molecule has 0 N–H and O–H groups in total. The van der Waals surface area contributed by atoms with Gasteiger partial charge in [0.05, 0.1) is 6.10 Å². The van der Waals surface area contributed by atoms with Gasteiger partial charge >= 0.3 is 0 Å². The van der Waals surface area contributed by atoms with Crippen molar-refractivity contribution < 1.29 is 9.53 Å². The maximum absolute atomic E-state index is 10.3. The van der Waals surface area contributed by atoms with Crippen molar-refractivity contribution in [1.82, 2.24) is 4.90 Å². The number of likely N-dealkylation sites (tertiary alicyclic amines) is 1. The topological polar surface area (TPSA) is 29.5 Å². The number of hydrogen-bond donors (Lipinski definition) is 0. The van der Waals surface area contributed by atoms with E-state index in [1.54, 1.807) is 4.90 Å². The average molecular weight is 167 g/mol. The minimum Gasteiger partial charge on any atom is -0.365 e. The van der Waals surface area contributed by atoms with E-state index in [9.17, 15) is 4.79 Å². The molecule has 1 heterocycles. The molecule has 1 aliphatic heterocycles. The normalized spacial score (nSPS) is 18.8. The Morgan fingerprint density at radius 1 is 1.58 bits per heavy atom. The Morgan fingerprint density at radius 2 is 2.25 bits per heavy atom. The fourth-order valence-corrected chi connectivity index (χ4v) is 1.31. The van der Waals surface area contributed by atoms with E-state index < -0.39 is 0 Å². The zero-order valence-electron chi connectivity index (χ0n) is 7.03. The van der Waals surface area contributed by atoms with Crippen LogP contribution in [-0.4, -0.2) is 37.1 Å². The highest BCUT2D eigenvalue weighted by Gasteiger charge is 2.17. The average Bonchev–Trinajstić information content (AvgIpc) is 2.15. The standard InChI is InChI=1S/C9H13NO2/c1-2-7-12-9-3-5-10(8-11)6-4-9/h1,8-9H,3-7H2. The van der Waals surface area contributed by atoms with Crippen LogP contribution in [0, 0.1) is 12.3 Å². The lowest BCUT2D eigenvalue weighted by Gasteiger charge is -2.28. The molecule has 3 heteroatoms. The van der Waals surface area contributed by atoms with Crippen LogP contribution in [0.2, 0.25) is 0 Å². The minimum atomic E-state index is 0.247. The number of carbonyl (C=O) groups excluding carboxylic acids is 1. The van der Waals surface area contributed by atoms with Crippen LogP contribution in [-0.2, 0) is 9.53 Å². The monoisotopic (exact) mass is 167 g/mol. The molecule has 0 unspecified atom stereocenters. The summed E-state index contributed by atoms with van der Waals surface area (Å²) in [6.45, 7) is 1.96. The van der Waals surface area contributed by atoms with Gasteiger partial charge in [-0.3, -0.25) is 4.79 Å². The Hall–Kier alpha value is -1.01. The van der Waals surface area contributed by atoms with Crippen LogP contribution in [0.5, 0.6) is 0 Å². The Labute approximate surface area is 72.7 Å². The van der Waals surface area contributed by atoms with E-state index in [1.807, 2.05) is 0 Å². The zero-order valence-corrected chi connectivity index (χ0v) is 7.03. The first-order chi connectivity index (χ1) is 5.86. The molecule has 1 rings (SSSR count). The Balaban J connectivity index is 2.18. The second-order valence-corrected chi connectivity index (χ2v) is 2.86. The fourth-order valence-electron chi connectivity index (χ4n) is 1.31. The lowest BCUT2D eigenvalue weighted by atomic mass is 10.1. The number of amides is 1. The summed E-state index contributed by atoms with van der Waals surface area (Å²) in [5.41, 5.74) is 0. The highest BCUT2D eigenvalue weighted by atomic mass is 16.5. The van der Waals surface area contributed by atoms with Crippen molar-refractivity contribution in [1.29, 1.82) is 0 Å². The number of hydrogen-bond acceptors (Lipinski definition) is 2. The molecule has 0 atom stereocenters. The molecule has 0 radical (unpaired) electrons. The second kappa shape index (κ2) is 4.78. The molecule has 0 bridgehead atoms. The molecule has 0 aromatic carbocycles. The van der Waals surface area contributed by atoms with Crippen LogP contribution < -0.4 is 0 Å². The van der Waals surface area contributed by atoms with Gasteiger partial charge < -0.3 is 9.64 Å². The van der Waals surface area contributed by atoms with Gasteiger partial charge in [-0.15, -0.1) is 6.42 Å². The summed E-state index contributed by atoms with van der Waals surface area (Å²) in [6, 6.07) is 0. The number of piperidine rings is 1. The largest absolute Gasteiger partial charge is 0.365 e. The second-order valence-electron chi connectivity index (χ2n) is 2.86. The third-order valence-electron chi connectivity index (χ3n) is 2.03. The highest BCUT2D eigenvalue weighted by molar-refractivity contribution is 5.47. The fraction of sp³-hybridized carbons (Fsp3) is 0.667. The van der Waals surface area contributed by atoms with Crippen LogP contribution in [0.25, 0.3) is 0 Å². The summed E-state index contributed by atoms with van der Waals surface area (Å²) in [6.07, 6.45) is 8.00. The van der Waals surface area contributed by atoms with Crippen molar-refractivity contribution in [3.63, 3.8) is 0 Å². The first-order valence-corrected chi connectivity index (χ1v) is 4.11. The summed E-state index contributed by atoms with van der Waals surface area (Å²) in [5.74, 6) is 2.43. The molecule has 0 aromatic rings. The minimum absolute atomic E-state index is 0.247. The van der Waals surface area contributed by atoms with E-state index in [1.165, 1.54) is 0 Å². The van der Waals surface area contributed by atoms with E-state index in [0.29, 0.717) is 6.61 Å². The quantitative estimate of drug-likeness (QED) is 0.445. The lowest BCUT2D eigenvalue weighted by Crippen LogP contribution is -2.36. The van der Waals surface area contributed by atoms with Crippen molar-refractivity contribution in [3.05, 3.63) is 0 Å². The van der Waals surface area contributed by atoms with E-state index in [4.69, 9.17) is 11.2 Å². The maximum Gasteiger partial charge on any atom is 0.209 e. The molecular weight excluding hydrogens is 154 g/mol. The van der Waals surface area contributed by atoms with Gasteiger partial charge in [-0.25, -0.2) is 0 Å². The van der Waals surface area contributed by atoms with Gasteiger partial charge in [0, 0.05) is 13.1 Å². The summed E-state index contributed by atoms with van der Waals surface area (Å²) < 4.78 is 5.35. The SMILES string of the molecule is C#CCOC1CCN(C=O)CC1. The van der Waals surface area contributed by atoms with Crippen LogP contribution in [0.4, 0.5) is 0 Å². The molecule has 1 fully saturated rings. The summed E-state index contributed by atoms with van der Waals surface area (Å²) >= 11 is 0. The summed E-state index contributed by atoms with van der Waals surface area (Å²) in [5, 5.41) is 0. The van der Waals surface area contributed by atoms with Crippen molar-refractivity contribution in [3.8, 4) is 12.3 Å². The first-order valence-electron chi connectivity index (χ1n) is 4.11. The van der Waals surface area contributed by atoms with Gasteiger partial charge in [0.15, 0.2) is 0 Å². The smallest absolute Gasteiger partial charge is 0.209 e. The maximum atomic E-state index is 10.3. The van der Waals surface area contributed by atoms with E-state index in [0.717, 1.165) is 32.3 Å². The number of nitrogens with zero attached hydrogens (tertiary/aromatic N) is 1. The predicted molar refractivity (Wildman–Crippen MR) is 45.4 cm³/mol. The van der Waals surface area contributed by atoms with E-state index >= 15 is 0 Å². The number of ether oxygens (including phenoxy) is 1. The van der Waals surface area contributed by atoms with Crippen LogP contribution in [0.15, 0.2) is 0 Å². The van der Waals surface area contributed by atoms with Gasteiger partial charge in [0.2, 0.25) is 6.41 Å². The number of terminal acetylenes is 1. The van der Waals surface area contributed by atoms with Crippen molar-refractivity contribution >= 4 is 6.41 Å². The molecular formula is C9H13NO2. The van der Waals surface area contributed by atoms with Gasteiger partial charge in [-0.1, -0.05) is 5.92 Å². The summed E-state index contributed by atoms with van der Waals surface area (Å²) in [7, 11) is 0. The highest BCUT2D eigenvalue weighted by Crippen LogP contribution is 2.11. The molecule has 1 saturated heterocycles. The molecule has 0 saturated carbocycles. The predicted octanol–water partition coefficient (Wildman–Crippen LogP) is 0.257. The molecule has 66 valence electrons. The third-order valence-corrected chi connectivity index (χ3v) is 2.03. The van der Waals surface area contributed by atoms with Gasteiger partial charge in [0.25, 0.3) is 0 Å². The van der Waals surface area contributed by atoms with Gasteiger partial charge in [0.1, 0.15) is 6.61 Å². The molecule has 1 amide bonds. The van der Waals surface area contributed by atoms with Crippen molar-refractivity contribution in [2.75, 3.05) is 19.7 Å². The number of carbonyl (C=O) groups is 1. The molecule has 0 aliphatic carbocycles. The van der Waals surface area contributed by atoms with Crippen molar-refractivity contribution in [2.45, 2.75) is 18.9 Å². The third kappa shape index (κ3) is 2.55. The molecule has 1 aliphatic rings. The van der Waals surface area contributed by atoms with Crippen LogP contribution in [0.3, 0.4) is 0 Å². The molecule has 3 nitrogen and oxygen atoms in total. The Kier molecular flexibility index (Phi) is 3.62. The molecule has 0 spiro atoms. The van der Waals surface area contributed by atoms with E-state index in [2.05, 4.69) is 5.92 Å². The zero-order chi connectivity index (χ0) is 8.81. The lowest BCUT2D eigenvalue weighted by molar-refractivity contribution is -0.120. The van der Waals surface area contributed by atoms with E-state index in [-0.39, 0.29) is 6.10 Å². The Morgan fingerprint density at radius 3 is 2.75 bits per heavy atom. The van der Waals surface area contributed by atoms with Gasteiger partial charge in [-0.2, -0.15) is 0 Å². The van der Waals surface area contributed by atoms with Crippen LogP contribution in [0.1, 0.15) is 12.8 Å². The number of rotatable bonds is 3. The first kappa shape index (κ1) is 9.08. The molecule has 0 aromatic heterocycles. The summed E-state index contributed by atoms with van der Waals surface area (Å²) in [4.78, 5) is 12.1.